The smallest absolute Gasteiger partial charge is 0.238 e. The molecule has 4 rings (SSSR count). The molecule has 108 valence electrons. The molecule has 3 nitrogen and oxygen atoms in total. The van der Waals surface area contributed by atoms with Gasteiger partial charge in [-0.3, -0.25) is 9.78 Å². The van der Waals surface area contributed by atoms with Gasteiger partial charge >= 0.3 is 0 Å². The fraction of sp³-hybridized carbons (Fsp3) is 0.111. The van der Waals surface area contributed by atoms with Gasteiger partial charge in [-0.05, 0) is 30.2 Å². The SMILES string of the molecule is O=C(Nc1cnc2ccccc2c1)C1Cc2ccccc2S1. The summed E-state index contributed by atoms with van der Waals surface area (Å²) in [5.41, 5.74) is 2.94. The molecule has 1 amide bonds. The standard InChI is InChI=1S/C18H14N2OS/c21-18(17-10-13-6-2-4-8-16(13)22-17)20-14-9-12-5-1-3-7-15(12)19-11-14/h1-9,11,17H,10H2,(H,20,21). The molecule has 1 aliphatic rings. The van der Waals surface area contributed by atoms with E-state index in [2.05, 4.69) is 22.4 Å². The molecule has 0 fully saturated rings. The highest BCUT2D eigenvalue weighted by atomic mass is 32.2. The molecule has 2 aromatic carbocycles. The maximum Gasteiger partial charge on any atom is 0.238 e. The van der Waals surface area contributed by atoms with Gasteiger partial charge in [0.15, 0.2) is 0 Å². The highest BCUT2D eigenvalue weighted by molar-refractivity contribution is 8.01. The second-order valence-corrected chi connectivity index (χ2v) is 6.57. The molecule has 0 spiro atoms. The van der Waals surface area contributed by atoms with E-state index in [0.29, 0.717) is 0 Å². The number of amides is 1. The average Bonchev–Trinajstić information content (AvgIpc) is 2.99. The third-order valence-electron chi connectivity index (χ3n) is 3.80. The van der Waals surface area contributed by atoms with Crippen LogP contribution in [0.3, 0.4) is 0 Å². The van der Waals surface area contributed by atoms with Crippen LogP contribution in [0.15, 0.2) is 65.7 Å². The van der Waals surface area contributed by atoms with Gasteiger partial charge in [-0.25, -0.2) is 0 Å². The third-order valence-corrected chi connectivity index (χ3v) is 5.12. The number of nitrogens with zero attached hydrogens (tertiary/aromatic N) is 1. The Labute approximate surface area is 132 Å². The molecule has 0 bridgehead atoms. The van der Waals surface area contributed by atoms with E-state index >= 15 is 0 Å². The number of thioether (sulfide) groups is 1. The Morgan fingerprint density at radius 1 is 1.14 bits per heavy atom. The van der Waals surface area contributed by atoms with E-state index in [9.17, 15) is 4.79 Å². The number of pyridine rings is 1. The largest absolute Gasteiger partial charge is 0.324 e. The fourth-order valence-corrected chi connectivity index (χ4v) is 3.89. The van der Waals surface area contributed by atoms with Crippen LogP contribution in [0.25, 0.3) is 10.9 Å². The van der Waals surface area contributed by atoms with Crippen molar-refractivity contribution in [2.24, 2.45) is 0 Å². The van der Waals surface area contributed by atoms with Crippen LogP contribution in [0.5, 0.6) is 0 Å². The first kappa shape index (κ1) is 13.3. The van der Waals surface area contributed by atoms with Crippen LogP contribution in [-0.2, 0) is 11.2 Å². The van der Waals surface area contributed by atoms with Gasteiger partial charge in [0.05, 0.1) is 22.7 Å². The van der Waals surface area contributed by atoms with Crippen LogP contribution < -0.4 is 5.32 Å². The number of carbonyl (C=O) groups excluding carboxylic acids is 1. The number of fused-ring (bicyclic) bond motifs is 2. The van der Waals surface area contributed by atoms with Gasteiger partial charge < -0.3 is 5.32 Å². The summed E-state index contributed by atoms with van der Waals surface area (Å²) < 4.78 is 0. The number of benzene rings is 2. The summed E-state index contributed by atoms with van der Waals surface area (Å²) >= 11 is 1.63. The maximum atomic E-state index is 12.5. The van der Waals surface area contributed by atoms with E-state index in [4.69, 9.17) is 0 Å². The number of nitrogens with one attached hydrogen (secondary N) is 1. The molecule has 0 saturated carbocycles. The van der Waals surface area contributed by atoms with Crippen molar-refractivity contribution < 1.29 is 4.79 Å². The molecule has 1 atom stereocenters. The Morgan fingerprint density at radius 2 is 1.95 bits per heavy atom. The summed E-state index contributed by atoms with van der Waals surface area (Å²) in [6, 6.07) is 18.1. The predicted octanol–water partition coefficient (Wildman–Crippen LogP) is 3.89. The van der Waals surface area contributed by atoms with Crippen molar-refractivity contribution in [3.8, 4) is 0 Å². The van der Waals surface area contributed by atoms with E-state index in [1.54, 1.807) is 18.0 Å². The van der Waals surface area contributed by atoms with Crippen molar-refractivity contribution in [2.45, 2.75) is 16.6 Å². The summed E-state index contributed by atoms with van der Waals surface area (Å²) in [7, 11) is 0. The Bertz CT molecular complexity index is 837. The second kappa shape index (κ2) is 5.46. The molecule has 0 saturated heterocycles. The van der Waals surface area contributed by atoms with Crippen LogP contribution in [0, 0.1) is 0 Å². The molecular weight excluding hydrogens is 292 g/mol. The maximum absolute atomic E-state index is 12.5. The van der Waals surface area contributed by atoms with E-state index in [0.717, 1.165) is 23.0 Å². The monoisotopic (exact) mass is 306 g/mol. The fourth-order valence-electron chi connectivity index (χ4n) is 2.69. The highest BCUT2D eigenvalue weighted by Crippen LogP contribution is 2.37. The average molecular weight is 306 g/mol. The van der Waals surface area contributed by atoms with Crippen molar-refractivity contribution in [2.75, 3.05) is 5.32 Å². The lowest BCUT2D eigenvalue weighted by atomic mass is 10.1. The van der Waals surface area contributed by atoms with Crippen molar-refractivity contribution >= 4 is 34.3 Å². The van der Waals surface area contributed by atoms with E-state index < -0.39 is 0 Å². The zero-order chi connectivity index (χ0) is 14.9. The van der Waals surface area contributed by atoms with Gasteiger partial charge in [-0.15, -0.1) is 11.8 Å². The topological polar surface area (TPSA) is 42.0 Å². The molecule has 1 N–H and O–H groups in total. The molecule has 2 heterocycles. The summed E-state index contributed by atoms with van der Waals surface area (Å²) in [4.78, 5) is 18.0. The molecular formula is C18H14N2OS. The number of rotatable bonds is 2. The number of hydrogen-bond acceptors (Lipinski definition) is 3. The first-order valence-electron chi connectivity index (χ1n) is 7.20. The summed E-state index contributed by atoms with van der Waals surface area (Å²) in [6.45, 7) is 0. The van der Waals surface area contributed by atoms with Gasteiger partial charge in [-0.2, -0.15) is 0 Å². The quantitative estimate of drug-likeness (QED) is 0.781. The zero-order valence-electron chi connectivity index (χ0n) is 11.8. The summed E-state index contributed by atoms with van der Waals surface area (Å²) in [5, 5.41) is 3.95. The molecule has 1 aromatic heterocycles. The Balaban J connectivity index is 1.52. The highest BCUT2D eigenvalue weighted by Gasteiger charge is 2.27. The Morgan fingerprint density at radius 3 is 2.86 bits per heavy atom. The van der Waals surface area contributed by atoms with Crippen LogP contribution in [0.4, 0.5) is 5.69 Å². The predicted molar refractivity (Wildman–Crippen MR) is 90.2 cm³/mol. The number of para-hydroxylation sites is 1. The second-order valence-electron chi connectivity index (χ2n) is 5.32. The molecule has 4 heteroatoms. The van der Waals surface area contributed by atoms with Crippen LogP contribution in [-0.4, -0.2) is 16.1 Å². The lowest BCUT2D eigenvalue weighted by Gasteiger charge is -2.10. The Kier molecular flexibility index (Phi) is 3.31. The van der Waals surface area contributed by atoms with Crippen LogP contribution in [0.1, 0.15) is 5.56 Å². The van der Waals surface area contributed by atoms with E-state index in [-0.39, 0.29) is 11.2 Å². The molecule has 1 unspecified atom stereocenters. The van der Waals surface area contributed by atoms with Gasteiger partial charge in [0.25, 0.3) is 0 Å². The zero-order valence-corrected chi connectivity index (χ0v) is 12.6. The van der Waals surface area contributed by atoms with Gasteiger partial charge in [0.2, 0.25) is 5.91 Å². The van der Waals surface area contributed by atoms with Crippen LogP contribution in [0.2, 0.25) is 0 Å². The lowest BCUT2D eigenvalue weighted by molar-refractivity contribution is -0.115. The minimum Gasteiger partial charge on any atom is -0.324 e. The molecule has 22 heavy (non-hydrogen) atoms. The third kappa shape index (κ3) is 2.46. The van der Waals surface area contributed by atoms with E-state index in [1.807, 2.05) is 42.5 Å². The molecule has 0 radical (unpaired) electrons. The first-order chi connectivity index (χ1) is 10.8. The minimum absolute atomic E-state index is 0.0401. The minimum atomic E-state index is -0.0659. The van der Waals surface area contributed by atoms with Crippen molar-refractivity contribution in [3.05, 3.63) is 66.4 Å². The molecule has 1 aliphatic heterocycles. The van der Waals surface area contributed by atoms with Gasteiger partial charge in [0, 0.05) is 10.3 Å². The number of hydrogen-bond donors (Lipinski definition) is 1. The summed E-state index contributed by atoms with van der Waals surface area (Å²) in [6.07, 6.45) is 2.50. The molecule has 3 aromatic rings. The van der Waals surface area contributed by atoms with Crippen molar-refractivity contribution in [1.82, 2.24) is 4.98 Å². The lowest BCUT2D eigenvalue weighted by Crippen LogP contribution is -2.24. The van der Waals surface area contributed by atoms with Crippen molar-refractivity contribution in [1.29, 1.82) is 0 Å². The van der Waals surface area contributed by atoms with Crippen LogP contribution >= 0.6 is 11.8 Å². The van der Waals surface area contributed by atoms with Gasteiger partial charge in [-0.1, -0.05) is 36.4 Å². The van der Waals surface area contributed by atoms with E-state index in [1.165, 1.54) is 10.5 Å². The summed E-state index contributed by atoms with van der Waals surface area (Å²) in [5.74, 6) is 0.0401. The number of anilines is 1. The van der Waals surface area contributed by atoms with Crippen molar-refractivity contribution in [3.63, 3.8) is 0 Å². The van der Waals surface area contributed by atoms with Gasteiger partial charge in [0.1, 0.15) is 0 Å². The Hall–Kier alpha value is -2.33. The number of carbonyl (C=O) groups is 1. The molecule has 0 aliphatic carbocycles. The first-order valence-corrected chi connectivity index (χ1v) is 8.08. The normalized spacial score (nSPS) is 16.5. The number of aromatic nitrogens is 1.